The number of rotatable bonds is 4. The van der Waals surface area contributed by atoms with Gasteiger partial charge in [0.2, 0.25) is 0 Å². The topological polar surface area (TPSA) is 116 Å². The number of halogens is 2. The van der Waals surface area contributed by atoms with E-state index in [9.17, 15) is 18.4 Å². The number of hydrogen-bond acceptors (Lipinski definition) is 3. The number of carbonyl (C=O) groups is 2. The Hall–Kier alpha value is -3.75. The number of benzene rings is 2. The highest BCUT2D eigenvalue weighted by molar-refractivity contribution is 6.00. The summed E-state index contributed by atoms with van der Waals surface area (Å²) >= 11 is 0. The SMILES string of the molecule is NC(=O)Nc1cn(-c2ccc(-c3ccc(F)c(F)c3)cc2)nc1C(N)=O. The first-order valence-electron chi connectivity index (χ1n) is 7.37. The van der Waals surface area contributed by atoms with Crippen LogP contribution in [0.15, 0.2) is 48.7 Å². The largest absolute Gasteiger partial charge is 0.364 e. The first-order valence-corrected chi connectivity index (χ1v) is 7.37. The van der Waals surface area contributed by atoms with Gasteiger partial charge in [-0.3, -0.25) is 4.79 Å². The van der Waals surface area contributed by atoms with Gasteiger partial charge in [-0.15, -0.1) is 0 Å². The molecule has 0 aliphatic rings. The molecular formula is C17H13F2N5O2. The number of carbonyl (C=O) groups excluding carboxylic acids is 2. The highest BCUT2D eigenvalue weighted by Gasteiger charge is 2.16. The number of amides is 3. The second kappa shape index (κ2) is 6.63. The van der Waals surface area contributed by atoms with Crippen LogP contribution in [0.4, 0.5) is 19.3 Å². The Bertz CT molecular complexity index is 999. The van der Waals surface area contributed by atoms with Crippen molar-refractivity contribution in [2.24, 2.45) is 11.5 Å². The Morgan fingerprint density at radius 1 is 0.962 bits per heavy atom. The molecule has 0 bridgehead atoms. The van der Waals surface area contributed by atoms with Crippen molar-refractivity contribution in [3.05, 3.63) is 66.0 Å². The van der Waals surface area contributed by atoms with Crippen molar-refractivity contribution >= 4 is 17.6 Å². The maximum absolute atomic E-state index is 13.4. The summed E-state index contributed by atoms with van der Waals surface area (Å²) in [5.41, 5.74) is 11.9. The molecule has 3 aromatic rings. The lowest BCUT2D eigenvalue weighted by Crippen LogP contribution is -2.22. The summed E-state index contributed by atoms with van der Waals surface area (Å²) in [5.74, 6) is -2.69. The summed E-state index contributed by atoms with van der Waals surface area (Å²) in [4.78, 5) is 22.4. The van der Waals surface area contributed by atoms with Crippen molar-refractivity contribution in [2.75, 3.05) is 5.32 Å². The molecule has 0 atom stereocenters. The number of nitrogens with two attached hydrogens (primary N) is 2. The molecule has 2 aromatic carbocycles. The first kappa shape index (κ1) is 17.1. The average molecular weight is 357 g/mol. The van der Waals surface area contributed by atoms with Gasteiger partial charge in [-0.25, -0.2) is 18.3 Å². The first-order chi connectivity index (χ1) is 12.3. The minimum absolute atomic E-state index is 0.0784. The summed E-state index contributed by atoms with van der Waals surface area (Å²) in [6.45, 7) is 0. The molecule has 1 aromatic heterocycles. The number of primary amides is 2. The molecule has 0 unspecified atom stereocenters. The monoisotopic (exact) mass is 357 g/mol. The zero-order chi connectivity index (χ0) is 18.8. The Balaban J connectivity index is 1.94. The van der Waals surface area contributed by atoms with Crippen LogP contribution >= 0.6 is 0 Å². The third-order valence-corrected chi connectivity index (χ3v) is 3.59. The van der Waals surface area contributed by atoms with E-state index in [4.69, 9.17) is 11.5 Å². The van der Waals surface area contributed by atoms with Gasteiger partial charge in [0.25, 0.3) is 5.91 Å². The number of nitrogens with zero attached hydrogens (tertiary/aromatic N) is 2. The summed E-state index contributed by atoms with van der Waals surface area (Å²) in [5, 5.41) is 6.29. The van der Waals surface area contributed by atoms with E-state index in [0.29, 0.717) is 16.8 Å². The summed E-state index contributed by atoms with van der Waals surface area (Å²) in [6, 6.07) is 9.40. The lowest BCUT2D eigenvalue weighted by Gasteiger charge is -2.05. The van der Waals surface area contributed by atoms with Gasteiger partial charge in [0.15, 0.2) is 17.3 Å². The van der Waals surface area contributed by atoms with Crippen LogP contribution in [0.3, 0.4) is 0 Å². The molecule has 3 amide bonds. The molecule has 0 spiro atoms. The van der Waals surface area contributed by atoms with Gasteiger partial charge in [0.05, 0.1) is 17.6 Å². The van der Waals surface area contributed by atoms with Crippen molar-refractivity contribution < 1.29 is 18.4 Å². The fourth-order valence-corrected chi connectivity index (χ4v) is 2.39. The van der Waals surface area contributed by atoms with Crippen molar-refractivity contribution in [3.63, 3.8) is 0 Å². The Labute approximate surface area is 146 Å². The highest BCUT2D eigenvalue weighted by Crippen LogP contribution is 2.24. The number of nitrogens with one attached hydrogen (secondary N) is 1. The second-order valence-electron chi connectivity index (χ2n) is 5.37. The third-order valence-electron chi connectivity index (χ3n) is 3.59. The molecule has 0 radical (unpaired) electrons. The predicted molar refractivity (Wildman–Crippen MR) is 90.6 cm³/mol. The molecular weight excluding hydrogens is 344 g/mol. The molecule has 0 aliphatic carbocycles. The molecule has 0 saturated heterocycles. The minimum atomic E-state index is -0.938. The molecule has 0 saturated carbocycles. The van der Waals surface area contributed by atoms with Crippen LogP contribution in [0.25, 0.3) is 16.8 Å². The number of hydrogen-bond donors (Lipinski definition) is 3. The van der Waals surface area contributed by atoms with Gasteiger partial charge in [-0.05, 0) is 35.4 Å². The Morgan fingerprint density at radius 2 is 1.62 bits per heavy atom. The summed E-state index contributed by atoms with van der Waals surface area (Å²) in [7, 11) is 0. The zero-order valence-electron chi connectivity index (χ0n) is 13.2. The molecule has 1 heterocycles. The minimum Gasteiger partial charge on any atom is -0.364 e. The fraction of sp³-hybridized carbons (Fsp3) is 0. The molecule has 0 fully saturated rings. The van der Waals surface area contributed by atoms with Crippen molar-refractivity contribution in [2.45, 2.75) is 0 Å². The van der Waals surface area contributed by atoms with E-state index in [1.165, 1.54) is 16.9 Å². The maximum Gasteiger partial charge on any atom is 0.316 e. The molecule has 5 N–H and O–H groups in total. The van der Waals surface area contributed by atoms with Gasteiger partial charge < -0.3 is 16.8 Å². The molecule has 132 valence electrons. The van der Waals surface area contributed by atoms with E-state index in [1.54, 1.807) is 24.3 Å². The number of aromatic nitrogens is 2. The van der Waals surface area contributed by atoms with Crippen molar-refractivity contribution in [3.8, 4) is 16.8 Å². The second-order valence-corrected chi connectivity index (χ2v) is 5.37. The van der Waals surface area contributed by atoms with Gasteiger partial charge in [0, 0.05) is 0 Å². The molecule has 3 rings (SSSR count). The van der Waals surface area contributed by atoms with Gasteiger partial charge in [-0.2, -0.15) is 5.10 Å². The third kappa shape index (κ3) is 3.36. The molecule has 0 aliphatic heterocycles. The van der Waals surface area contributed by atoms with E-state index < -0.39 is 23.6 Å². The van der Waals surface area contributed by atoms with Gasteiger partial charge >= 0.3 is 6.03 Å². The smallest absolute Gasteiger partial charge is 0.316 e. The predicted octanol–water partition coefficient (Wildman–Crippen LogP) is 2.41. The van der Waals surface area contributed by atoms with Crippen LogP contribution in [-0.2, 0) is 0 Å². The average Bonchev–Trinajstić information content (AvgIpc) is 3.01. The zero-order valence-corrected chi connectivity index (χ0v) is 13.2. The van der Waals surface area contributed by atoms with E-state index in [-0.39, 0.29) is 11.4 Å². The van der Waals surface area contributed by atoms with Crippen molar-refractivity contribution in [1.82, 2.24) is 9.78 Å². The van der Waals surface area contributed by atoms with Crippen LogP contribution in [0.1, 0.15) is 10.5 Å². The van der Waals surface area contributed by atoms with Crippen LogP contribution in [-0.4, -0.2) is 21.7 Å². The summed E-state index contributed by atoms with van der Waals surface area (Å²) < 4.78 is 27.7. The van der Waals surface area contributed by atoms with Crippen LogP contribution < -0.4 is 16.8 Å². The van der Waals surface area contributed by atoms with Crippen LogP contribution in [0.5, 0.6) is 0 Å². The van der Waals surface area contributed by atoms with Crippen LogP contribution in [0.2, 0.25) is 0 Å². The van der Waals surface area contributed by atoms with Gasteiger partial charge in [-0.1, -0.05) is 18.2 Å². The maximum atomic E-state index is 13.4. The van der Waals surface area contributed by atoms with E-state index in [2.05, 4.69) is 10.4 Å². The van der Waals surface area contributed by atoms with Gasteiger partial charge in [0.1, 0.15) is 0 Å². The number of urea groups is 1. The van der Waals surface area contributed by atoms with Crippen molar-refractivity contribution in [1.29, 1.82) is 0 Å². The lowest BCUT2D eigenvalue weighted by atomic mass is 10.1. The number of anilines is 1. The normalized spacial score (nSPS) is 10.5. The molecule has 26 heavy (non-hydrogen) atoms. The van der Waals surface area contributed by atoms with E-state index in [0.717, 1.165) is 12.1 Å². The standard InChI is InChI=1S/C17H13F2N5O2/c18-12-6-3-10(7-13(12)19)9-1-4-11(5-2-9)24-8-14(22-17(21)26)15(23-24)16(20)25/h1-8H,(H2,20,25)(H3,21,22,26). The van der Waals surface area contributed by atoms with E-state index in [1.807, 2.05) is 0 Å². The van der Waals surface area contributed by atoms with Crippen LogP contribution in [0, 0.1) is 11.6 Å². The summed E-state index contributed by atoms with van der Waals surface area (Å²) in [6.07, 6.45) is 1.39. The molecule has 9 heteroatoms. The molecule has 7 nitrogen and oxygen atoms in total. The van der Waals surface area contributed by atoms with E-state index >= 15 is 0 Å². The lowest BCUT2D eigenvalue weighted by molar-refractivity contribution is 0.0996. The Kier molecular flexibility index (Phi) is 4.36. The fourth-order valence-electron chi connectivity index (χ4n) is 2.39. The highest BCUT2D eigenvalue weighted by atomic mass is 19.2. The quantitative estimate of drug-likeness (QED) is 0.666. The Morgan fingerprint density at radius 3 is 2.19 bits per heavy atom.